The molecule has 0 rings (SSSR count). The van der Waals surface area contributed by atoms with Gasteiger partial charge in [-0.25, -0.2) is 4.79 Å². The Kier molecular flexibility index (Phi) is 7.51. The molecular formula is C13H22N2O3. The standard InChI is InChI=1S/C13H22N2O3/c1-5-7-14(8-6-2)13(18)15(9-11(3)4)10-12(16)17/h5-6,11H,1-2,7-10H2,3-4H3,(H,16,17). The van der Waals surface area contributed by atoms with Gasteiger partial charge >= 0.3 is 12.0 Å². The maximum absolute atomic E-state index is 12.2. The van der Waals surface area contributed by atoms with Crippen molar-refractivity contribution < 1.29 is 14.7 Å². The smallest absolute Gasteiger partial charge is 0.323 e. The second-order valence-corrected chi connectivity index (χ2v) is 4.43. The maximum Gasteiger partial charge on any atom is 0.323 e. The molecule has 102 valence electrons. The molecule has 0 aliphatic heterocycles. The average Bonchev–Trinajstić information content (AvgIpc) is 2.25. The fourth-order valence-electron chi connectivity index (χ4n) is 1.56. The molecule has 0 saturated heterocycles. The molecular weight excluding hydrogens is 232 g/mol. The Hall–Kier alpha value is -1.78. The molecule has 0 aliphatic rings. The highest BCUT2D eigenvalue weighted by molar-refractivity contribution is 5.80. The minimum atomic E-state index is -1.01. The number of carboxylic acids is 1. The lowest BCUT2D eigenvalue weighted by molar-refractivity contribution is -0.137. The number of carbonyl (C=O) groups is 2. The Morgan fingerprint density at radius 3 is 2.00 bits per heavy atom. The first-order valence-electron chi connectivity index (χ1n) is 5.89. The van der Waals surface area contributed by atoms with Crippen LogP contribution in [0.4, 0.5) is 4.79 Å². The van der Waals surface area contributed by atoms with E-state index in [-0.39, 0.29) is 18.5 Å². The molecule has 5 heteroatoms. The summed E-state index contributed by atoms with van der Waals surface area (Å²) in [5.74, 6) is -0.802. The molecule has 5 nitrogen and oxygen atoms in total. The first kappa shape index (κ1) is 16.2. The van der Waals surface area contributed by atoms with Crippen molar-refractivity contribution >= 4 is 12.0 Å². The van der Waals surface area contributed by atoms with Crippen molar-refractivity contribution in [1.82, 2.24) is 9.80 Å². The van der Waals surface area contributed by atoms with Gasteiger partial charge in [-0.2, -0.15) is 0 Å². The van der Waals surface area contributed by atoms with Gasteiger partial charge in [-0.1, -0.05) is 26.0 Å². The summed E-state index contributed by atoms with van der Waals surface area (Å²) in [5, 5.41) is 8.83. The van der Waals surface area contributed by atoms with Crippen LogP contribution in [0, 0.1) is 5.92 Å². The second-order valence-electron chi connectivity index (χ2n) is 4.43. The third kappa shape index (κ3) is 6.08. The normalized spacial score (nSPS) is 9.94. The van der Waals surface area contributed by atoms with E-state index in [1.807, 2.05) is 13.8 Å². The molecule has 0 aromatic heterocycles. The van der Waals surface area contributed by atoms with Gasteiger partial charge in [0, 0.05) is 19.6 Å². The van der Waals surface area contributed by atoms with E-state index in [0.717, 1.165) is 0 Å². The van der Waals surface area contributed by atoms with Crippen LogP contribution in [0.3, 0.4) is 0 Å². The summed E-state index contributed by atoms with van der Waals surface area (Å²) in [6.45, 7) is 11.9. The zero-order chi connectivity index (χ0) is 14.1. The first-order chi connectivity index (χ1) is 8.42. The molecule has 2 amide bonds. The number of nitrogens with zero attached hydrogens (tertiary/aromatic N) is 2. The quantitative estimate of drug-likeness (QED) is 0.672. The van der Waals surface area contributed by atoms with Gasteiger partial charge in [0.25, 0.3) is 0 Å². The van der Waals surface area contributed by atoms with Crippen molar-refractivity contribution in [2.24, 2.45) is 5.92 Å². The summed E-state index contributed by atoms with van der Waals surface area (Å²) in [6, 6.07) is -0.300. The van der Waals surface area contributed by atoms with Crippen LogP contribution >= 0.6 is 0 Å². The number of amides is 2. The van der Waals surface area contributed by atoms with E-state index in [2.05, 4.69) is 13.2 Å². The van der Waals surface area contributed by atoms with E-state index < -0.39 is 5.97 Å². The van der Waals surface area contributed by atoms with Crippen LogP contribution in [-0.2, 0) is 4.79 Å². The number of urea groups is 1. The molecule has 0 aliphatic carbocycles. The molecule has 0 radical (unpaired) electrons. The minimum Gasteiger partial charge on any atom is -0.480 e. The average molecular weight is 254 g/mol. The van der Waals surface area contributed by atoms with Crippen LogP contribution in [0.25, 0.3) is 0 Å². The van der Waals surface area contributed by atoms with Crippen LogP contribution in [-0.4, -0.2) is 53.1 Å². The Balaban J connectivity index is 4.81. The highest BCUT2D eigenvalue weighted by Gasteiger charge is 2.22. The summed E-state index contributed by atoms with van der Waals surface area (Å²) >= 11 is 0. The summed E-state index contributed by atoms with van der Waals surface area (Å²) in [5.41, 5.74) is 0. The molecule has 18 heavy (non-hydrogen) atoms. The number of carboxylic acid groups (broad SMARTS) is 1. The van der Waals surface area contributed by atoms with Gasteiger partial charge in [0.15, 0.2) is 0 Å². The molecule has 0 heterocycles. The largest absolute Gasteiger partial charge is 0.480 e. The lowest BCUT2D eigenvalue weighted by Crippen LogP contribution is -2.46. The number of carbonyl (C=O) groups excluding carboxylic acids is 1. The van der Waals surface area contributed by atoms with Crippen LogP contribution in [0.5, 0.6) is 0 Å². The molecule has 0 saturated carbocycles. The molecule has 0 unspecified atom stereocenters. The third-order valence-corrected chi connectivity index (χ3v) is 2.15. The predicted octanol–water partition coefficient (Wildman–Crippen LogP) is 1.82. The number of rotatable bonds is 8. The van der Waals surface area contributed by atoms with E-state index in [9.17, 15) is 9.59 Å². The predicted molar refractivity (Wildman–Crippen MR) is 71.4 cm³/mol. The van der Waals surface area contributed by atoms with Gasteiger partial charge in [-0.05, 0) is 5.92 Å². The number of hydrogen-bond acceptors (Lipinski definition) is 2. The van der Waals surface area contributed by atoms with Crippen LogP contribution < -0.4 is 0 Å². The molecule has 0 atom stereocenters. The zero-order valence-corrected chi connectivity index (χ0v) is 11.1. The topological polar surface area (TPSA) is 60.9 Å². The van der Waals surface area contributed by atoms with Gasteiger partial charge in [-0.15, -0.1) is 13.2 Å². The molecule has 0 aromatic carbocycles. The van der Waals surface area contributed by atoms with Gasteiger partial charge < -0.3 is 14.9 Å². The summed E-state index contributed by atoms with van der Waals surface area (Å²) in [7, 11) is 0. The van der Waals surface area contributed by atoms with E-state index in [4.69, 9.17) is 5.11 Å². The Bertz CT molecular complexity index is 303. The number of hydrogen-bond donors (Lipinski definition) is 1. The summed E-state index contributed by atoms with van der Waals surface area (Å²) in [4.78, 5) is 25.8. The van der Waals surface area contributed by atoms with Gasteiger partial charge in [0.05, 0.1) is 0 Å². The maximum atomic E-state index is 12.2. The van der Waals surface area contributed by atoms with Crippen LogP contribution in [0.15, 0.2) is 25.3 Å². The van der Waals surface area contributed by atoms with Crippen LogP contribution in [0.1, 0.15) is 13.8 Å². The fourth-order valence-corrected chi connectivity index (χ4v) is 1.56. The lowest BCUT2D eigenvalue weighted by atomic mass is 10.2. The minimum absolute atomic E-state index is 0.211. The van der Waals surface area contributed by atoms with Gasteiger partial charge in [0.2, 0.25) is 0 Å². The second kappa shape index (κ2) is 8.33. The SMILES string of the molecule is C=CCN(CC=C)C(=O)N(CC(=O)O)CC(C)C. The Morgan fingerprint density at radius 2 is 1.67 bits per heavy atom. The van der Waals surface area contributed by atoms with Gasteiger partial charge in [0.1, 0.15) is 6.54 Å². The molecule has 0 aromatic rings. The van der Waals surface area contributed by atoms with Crippen LogP contribution in [0.2, 0.25) is 0 Å². The van der Waals surface area contributed by atoms with Crippen molar-refractivity contribution in [3.8, 4) is 0 Å². The van der Waals surface area contributed by atoms with E-state index >= 15 is 0 Å². The zero-order valence-electron chi connectivity index (χ0n) is 11.1. The Morgan fingerprint density at radius 1 is 1.17 bits per heavy atom. The van der Waals surface area contributed by atoms with Crippen molar-refractivity contribution in [3.63, 3.8) is 0 Å². The van der Waals surface area contributed by atoms with Crippen molar-refractivity contribution in [1.29, 1.82) is 0 Å². The molecule has 1 N–H and O–H groups in total. The molecule has 0 spiro atoms. The third-order valence-electron chi connectivity index (χ3n) is 2.15. The lowest BCUT2D eigenvalue weighted by Gasteiger charge is -2.29. The van der Waals surface area contributed by atoms with Crippen molar-refractivity contribution in [2.45, 2.75) is 13.8 Å². The van der Waals surface area contributed by atoms with E-state index in [1.54, 1.807) is 12.2 Å². The molecule has 0 fully saturated rings. The highest BCUT2D eigenvalue weighted by atomic mass is 16.4. The fraction of sp³-hybridized carbons (Fsp3) is 0.538. The highest BCUT2D eigenvalue weighted by Crippen LogP contribution is 2.04. The summed E-state index contributed by atoms with van der Waals surface area (Å²) < 4.78 is 0. The number of aliphatic carboxylic acids is 1. The Labute approximate surface area is 108 Å². The summed E-state index contributed by atoms with van der Waals surface area (Å²) in [6.07, 6.45) is 3.21. The van der Waals surface area contributed by atoms with Crippen molar-refractivity contribution in [2.75, 3.05) is 26.2 Å². The van der Waals surface area contributed by atoms with E-state index in [0.29, 0.717) is 19.6 Å². The van der Waals surface area contributed by atoms with Gasteiger partial charge in [-0.3, -0.25) is 4.79 Å². The monoisotopic (exact) mass is 254 g/mol. The van der Waals surface area contributed by atoms with E-state index in [1.165, 1.54) is 9.80 Å². The van der Waals surface area contributed by atoms with Crippen molar-refractivity contribution in [3.05, 3.63) is 25.3 Å². The molecule has 0 bridgehead atoms. The first-order valence-corrected chi connectivity index (χ1v) is 5.89.